The molecule has 0 aliphatic carbocycles. The van der Waals surface area contributed by atoms with E-state index in [1.54, 1.807) is 0 Å². The molecule has 35 heavy (non-hydrogen) atoms. The minimum absolute atomic E-state index is 0. The number of phenols is 1. The van der Waals surface area contributed by atoms with Gasteiger partial charge in [0.05, 0.1) is 10.8 Å². The quantitative estimate of drug-likeness (QED) is 0.254. The molecule has 3 rings (SSSR count). The molecule has 2 aromatic rings. The molecule has 0 bridgehead atoms. The molecule has 2 heterocycles. The number of alkyl halides is 1. The number of hydrogen-bond donors (Lipinski definition) is 3. The lowest BCUT2D eigenvalue weighted by Gasteiger charge is -2.34. The maximum atomic E-state index is 11.4. The van der Waals surface area contributed by atoms with Crippen molar-refractivity contribution < 1.29 is 15.4 Å². The van der Waals surface area contributed by atoms with Crippen LogP contribution in [0, 0.1) is 5.41 Å². The van der Waals surface area contributed by atoms with Gasteiger partial charge in [-0.2, -0.15) is 0 Å². The maximum Gasteiger partial charge on any atom is 0.230 e. The molecule has 0 atom stereocenters. The number of nitrogens with zero attached hydrogens (tertiary/aromatic N) is 2. The fourth-order valence-electron chi connectivity index (χ4n) is 4.45. The first-order valence-corrected chi connectivity index (χ1v) is 14.2. The molecule has 0 radical (unpaired) electrons. The molecule has 198 valence electrons. The second kappa shape index (κ2) is 12.3. The first kappa shape index (κ1) is 30.0. The van der Waals surface area contributed by atoms with E-state index in [9.17, 15) is 9.90 Å². The van der Waals surface area contributed by atoms with E-state index in [4.69, 9.17) is 0 Å². The summed E-state index contributed by atoms with van der Waals surface area (Å²) in [6, 6.07) is 3.96. The first-order chi connectivity index (χ1) is 15.9. The Labute approximate surface area is 222 Å². The standard InChI is InChI=1S/C26H41BrN4O2S.H2O/c1-25(2,3)15-19-18-7-8-21(32)20(23(18)29-24(19)34-26(4,5)6)17-31-13-11-30(12-14-31)10-9-28-22(33)16-27;/h7-8,29,32H,9-17H2,1-6H3,(H,28,33);1H2. The van der Waals surface area contributed by atoms with Crippen LogP contribution in [0.15, 0.2) is 17.2 Å². The minimum Gasteiger partial charge on any atom is -0.870 e. The molecule has 1 saturated heterocycles. The van der Waals surface area contributed by atoms with Crippen LogP contribution in [0.25, 0.3) is 10.9 Å². The summed E-state index contributed by atoms with van der Waals surface area (Å²) in [7, 11) is 0. The van der Waals surface area contributed by atoms with Crippen LogP contribution in [0.4, 0.5) is 0 Å². The van der Waals surface area contributed by atoms with Crippen molar-refractivity contribution in [3.05, 3.63) is 23.3 Å². The summed E-state index contributed by atoms with van der Waals surface area (Å²) in [6.45, 7) is 19.8. The molecule has 0 saturated carbocycles. The summed E-state index contributed by atoms with van der Waals surface area (Å²) in [5, 5.41) is 16.6. The van der Waals surface area contributed by atoms with Gasteiger partial charge in [-0.05, 0) is 44.7 Å². The number of hydrogen-bond acceptors (Lipinski definition) is 5. The van der Waals surface area contributed by atoms with Gasteiger partial charge >= 0.3 is 0 Å². The maximum absolute atomic E-state index is 11.4. The fraction of sp³-hybridized carbons (Fsp3) is 0.654. The van der Waals surface area contributed by atoms with E-state index in [0.29, 0.717) is 17.6 Å². The Kier molecular flexibility index (Phi) is 10.5. The third kappa shape index (κ3) is 8.67. The second-order valence-electron chi connectivity index (χ2n) is 11.6. The number of rotatable bonds is 8. The highest BCUT2D eigenvalue weighted by Crippen LogP contribution is 2.37. The molecule has 4 N–H and O–H groups in total. The number of aromatic hydroxyl groups is 1. The Hall–Kier alpha value is -1.26. The van der Waals surface area contributed by atoms with Crippen LogP contribution in [0.5, 0.6) is 5.75 Å². The molecule has 9 heteroatoms. The number of thiol groups is 1. The highest BCUT2D eigenvalue weighted by molar-refractivity contribution is 9.09. The number of piperazine rings is 1. The Balaban J connectivity index is 0.00000432. The number of carbonyl (C=O) groups is 1. The number of amides is 1. The average molecular weight is 572 g/mol. The van der Waals surface area contributed by atoms with Gasteiger partial charge in [0.1, 0.15) is 10.5 Å². The van der Waals surface area contributed by atoms with Crippen molar-refractivity contribution in [1.82, 2.24) is 20.1 Å². The van der Waals surface area contributed by atoms with Gasteiger partial charge in [-0.1, -0.05) is 36.7 Å². The number of aromatic amines is 1. The summed E-state index contributed by atoms with van der Waals surface area (Å²) in [4.78, 5) is 20.0. The average Bonchev–Trinajstić information content (AvgIpc) is 3.05. The van der Waals surface area contributed by atoms with Crippen molar-refractivity contribution in [2.75, 3.05) is 44.6 Å². The highest BCUT2D eigenvalue weighted by Gasteiger charge is 2.30. The van der Waals surface area contributed by atoms with Crippen molar-refractivity contribution in [2.45, 2.75) is 64.3 Å². The van der Waals surface area contributed by atoms with E-state index < -0.39 is 0 Å². The monoisotopic (exact) mass is 570 g/mol. The molecule has 1 aliphatic rings. The number of benzene rings is 1. The number of fused-ring (bicyclic) bond motifs is 1. The van der Waals surface area contributed by atoms with Gasteiger partial charge in [-0.25, -0.2) is 0 Å². The van der Waals surface area contributed by atoms with Gasteiger partial charge in [-0.3, -0.25) is 14.6 Å². The Morgan fingerprint density at radius 1 is 1.09 bits per heavy atom. The molecule has 1 aromatic carbocycles. The number of halogens is 1. The predicted octanol–water partition coefficient (Wildman–Crippen LogP) is 3.89. The third-order valence-corrected chi connectivity index (χ3v) is 7.80. The molecular weight excluding hydrogens is 528 g/mol. The van der Waals surface area contributed by atoms with Gasteiger partial charge in [0.25, 0.3) is 0 Å². The smallest absolute Gasteiger partial charge is 0.230 e. The van der Waals surface area contributed by atoms with Gasteiger partial charge in [0, 0.05) is 74.1 Å². The molecular formula is C26H43BrN4O3S. The van der Waals surface area contributed by atoms with Gasteiger partial charge in [-0.15, -0.1) is 0 Å². The van der Waals surface area contributed by atoms with E-state index in [1.165, 1.54) is 27.7 Å². The zero-order chi connectivity index (χ0) is 25.1. The number of aromatic nitrogens is 1. The number of H-pyrrole nitrogens is 1. The summed E-state index contributed by atoms with van der Waals surface area (Å²) in [5.41, 5.74) is 3.65. The van der Waals surface area contributed by atoms with Crippen molar-refractivity contribution in [3.8, 4) is 5.75 Å². The lowest BCUT2D eigenvalue weighted by Crippen LogP contribution is -2.48. The van der Waals surface area contributed by atoms with Crippen LogP contribution in [0.1, 0.15) is 52.7 Å². The van der Waals surface area contributed by atoms with E-state index in [-0.39, 0.29) is 21.5 Å². The predicted molar refractivity (Wildman–Crippen MR) is 150 cm³/mol. The largest absolute Gasteiger partial charge is 0.870 e. The summed E-state index contributed by atoms with van der Waals surface area (Å²) < 4.78 is 0.153. The SMILES string of the molecule is CC(C)(C)Cc1c([SH+]C(C)(C)C)[nH]c2c(CN3CCN(CCNC(=O)CBr)CC3)c(O)ccc12.[OH-]. The Bertz CT molecular complexity index is 989. The first-order valence-electron chi connectivity index (χ1n) is 12.2. The van der Waals surface area contributed by atoms with Crippen LogP contribution in [-0.2, 0) is 29.5 Å². The van der Waals surface area contributed by atoms with Gasteiger partial charge < -0.3 is 20.9 Å². The van der Waals surface area contributed by atoms with Crippen LogP contribution < -0.4 is 5.32 Å². The lowest BCUT2D eigenvalue weighted by molar-refractivity contribution is -0.118. The Morgan fingerprint density at radius 2 is 1.71 bits per heavy atom. The summed E-state index contributed by atoms with van der Waals surface area (Å²) >= 11 is 4.46. The van der Waals surface area contributed by atoms with Crippen molar-refractivity contribution in [3.63, 3.8) is 0 Å². The number of carbonyl (C=O) groups excluding carboxylic acids is 1. The van der Waals surface area contributed by atoms with Crippen LogP contribution in [-0.4, -0.2) is 80.6 Å². The van der Waals surface area contributed by atoms with Gasteiger partial charge in [0.15, 0.2) is 0 Å². The molecule has 0 unspecified atom stereocenters. The second-order valence-corrected chi connectivity index (χ2v) is 14.1. The molecule has 0 spiro atoms. The fourth-order valence-corrected chi connectivity index (χ4v) is 5.82. The third-order valence-electron chi connectivity index (χ3n) is 6.02. The van der Waals surface area contributed by atoms with E-state index in [1.807, 2.05) is 6.07 Å². The molecule has 1 aliphatic heterocycles. The normalized spacial score (nSPS) is 15.9. The molecule has 1 aromatic heterocycles. The molecule has 1 amide bonds. The lowest BCUT2D eigenvalue weighted by atomic mass is 9.88. The molecule has 7 nitrogen and oxygen atoms in total. The summed E-state index contributed by atoms with van der Waals surface area (Å²) in [6.07, 6.45) is 1.000. The van der Waals surface area contributed by atoms with Crippen molar-refractivity contribution in [1.29, 1.82) is 0 Å². The summed E-state index contributed by atoms with van der Waals surface area (Å²) in [5.74, 6) is 0.402. The van der Waals surface area contributed by atoms with E-state index >= 15 is 0 Å². The van der Waals surface area contributed by atoms with Crippen molar-refractivity contribution >= 4 is 44.5 Å². The van der Waals surface area contributed by atoms with Crippen LogP contribution in [0.3, 0.4) is 0 Å². The number of nitrogens with one attached hydrogen (secondary N) is 2. The highest BCUT2D eigenvalue weighted by atomic mass is 79.9. The molecule has 1 fully saturated rings. The van der Waals surface area contributed by atoms with E-state index in [2.05, 4.69) is 83.6 Å². The van der Waals surface area contributed by atoms with Crippen LogP contribution >= 0.6 is 15.9 Å². The Morgan fingerprint density at radius 3 is 2.29 bits per heavy atom. The number of phenolic OH excluding ortho intramolecular Hbond substituents is 1. The minimum atomic E-state index is 0. The topological polar surface area (TPSA) is 102 Å². The zero-order valence-electron chi connectivity index (χ0n) is 22.0. The van der Waals surface area contributed by atoms with Crippen molar-refractivity contribution in [2.24, 2.45) is 5.41 Å². The van der Waals surface area contributed by atoms with Crippen LogP contribution in [0.2, 0.25) is 0 Å². The van der Waals surface area contributed by atoms with E-state index in [0.717, 1.165) is 56.8 Å². The van der Waals surface area contributed by atoms with Gasteiger partial charge in [0.2, 0.25) is 10.9 Å². The zero-order valence-corrected chi connectivity index (χ0v) is 24.5.